The number of hydrogen-bond acceptors (Lipinski definition) is 5. The molecule has 1 aromatic heterocycles. The first-order valence-corrected chi connectivity index (χ1v) is 13.7. The summed E-state index contributed by atoms with van der Waals surface area (Å²) in [5, 5.41) is 11.7. The van der Waals surface area contributed by atoms with Crippen LogP contribution in [0.1, 0.15) is 55.3 Å². The molecule has 5 rings (SSSR count). The van der Waals surface area contributed by atoms with Crippen molar-refractivity contribution >= 4 is 28.5 Å². The molecule has 1 fully saturated rings. The van der Waals surface area contributed by atoms with Crippen LogP contribution in [-0.4, -0.2) is 39.5 Å². The Bertz CT molecular complexity index is 1450. The fraction of sp³-hybridized carbons (Fsp3) is 0.355. The number of hydrogen-bond donors (Lipinski definition) is 1. The Hall–Kier alpha value is -4.20. The average molecular weight is 526 g/mol. The van der Waals surface area contributed by atoms with E-state index in [1.54, 1.807) is 9.58 Å². The topological polar surface area (TPSA) is 89.4 Å². The number of aromatic nitrogens is 3. The maximum atomic E-state index is 14.4. The van der Waals surface area contributed by atoms with Crippen molar-refractivity contribution in [3.8, 4) is 5.75 Å². The molecule has 0 saturated heterocycles. The fourth-order valence-electron chi connectivity index (χ4n) is 5.56. The monoisotopic (exact) mass is 525 g/mol. The van der Waals surface area contributed by atoms with Crippen molar-refractivity contribution < 1.29 is 14.3 Å². The number of carbonyl (C=O) groups excluding carboxylic acids is 2. The molecule has 8 nitrogen and oxygen atoms in total. The van der Waals surface area contributed by atoms with Gasteiger partial charge >= 0.3 is 0 Å². The zero-order valence-electron chi connectivity index (χ0n) is 22.8. The molecule has 1 heterocycles. The molecule has 1 atom stereocenters. The second kappa shape index (κ2) is 11.7. The Kier molecular flexibility index (Phi) is 7.91. The van der Waals surface area contributed by atoms with Crippen LogP contribution in [0.3, 0.4) is 0 Å². The van der Waals surface area contributed by atoms with E-state index in [9.17, 15) is 9.59 Å². The highest BCUT2D eigenvalue weighted by Gasteiger charge is 2.37. The van der Waals surface area contributed by atoms with Gasteiger partial charge in [-0.15, -0.1) is 5.10 Å². The zero-order chi connectivity index (χ0) is 27.4. The normalized spacial score (nSPS) is 14.3. The lowest BCUT2D eigenvalue weighted by molar-refractivity contribution is -0.127. The minimum absolute atomic E-state index is 0.0711. The van der Waals surface area contributed by atoms with E-state index in [4.69, 9.17) is 4.74 Å². The van der Waals surface area contributed by atoms with Crippen LogP contribution in [0, 0.1) is 13.8 Å². The van der Waals surface area contributed by atoms with Crippen molar-refractivity contribution in [3.05, 3.63) is 83.4 Å². The summed E-state index contributed by atoms with van der Waals surface area (Å²) in [7, 11) is 0. The van der Waals surface area contributed by atoms with Crippen LogP contribution in [0.15, 0.2) is 66.7 Å². The molecule has 3 aromatic carbocycles. The first-order chi connectivity index (χ1) is 19.0. The molecule has 39 heavy (non-hydrogen) atoms. The highest BCUT2D eigenvalue weighted by atomic mass is 16.5. The summed E-state index contributed by atoms with van der Waals surface area (Å²) in [6.45, 7) is 6.21. The Morgan fingerprint density at radius 2 is 1.69 bits per heavy atom. The number of anilines is 1. The molecule has 202 valence electrons. The smallest absolute Gasteiger partial charge is 0.249 e. The van der Waals surface area contributed by atoms with Crippen LogP contribution >= 0.6 is 0 Å². The summed E-state index contributed by atoms with van der Waals surface area (Å²) in [6, 6.07) is 20.1. The van der Waals surface area contributed by atoms with Crippen molar-refractivity contribution in [2.75, 3.05) is 11.5 Å². The Morgan fingerprint density at radius 3 is 2.44 bits per heavy atom. The maximum Gasteiger partial charge on any atom is 0.249 e. The number of carbonyl (C=O) groups is 2. The lowest BCUT2D eigenvalue weighted by Crippen LogP contribution is -2.48. The van der Waals surface area contributed by atoms with Gasteiger partial charge in [-0.1, -0.05) is 66.6 Å². The van der Waals surface area contributed by atoms with Crippen molar-refractivity contribution in [1.29, 1.82) is 0 Å². The zero-order valence-corrected chi connectivity index (χ0v) is 22.8. The highest BCUT2D eigenvalue weighted by molar-refractivity contribution is 6.03. The van der Waals surface area contributed by atoms with Crippen molar-refractivity contribution in [2.24, 2.45) is 0 Å². The van der Waals surface area contributed by atoms with E-state index in [1.165, 1.54) is 0 Å². The summed E-state index contributed by atoms with van der Waals surface area (Å²) in [4.78, 5) is 30.3. The van der Waals surface area contributed by atoms with E-state index in [2.05, 4.69) is 15.6 Å². The van der Waals surface area contributed by atoms with Crippen LogP contribution < -0.4 is 15.0 Å². The number of nitrogens with one attached hydrogen (secondary N) is 1. The Labute approximate surface area is 229 Å². The van der Waals surface area contributed by atoms with Crippen LogP contribution in [0.25, 0.3) is 11.0 Å². The highest BCUT2D eigenvalue weighted by Crippen LogP contribution is 2.37. The fourth-order valence-corrected chi connectivity index (χ4v) is 5.56. The third-order valence-electron chi connectivity index (χ3n) is 7.38. The van der Waals surface area contributed by atoms with E-state index in [-0.39, 0.29) is 24.4 Å². The molecule has 0 spiro atoms. The minimum atomic E-state index is -0.935. The lowest BCUT2D eigenvalue weighted by atomic mass is 9.98. The SMILES string of the molecule is CCOc1ccccc1C(C(=O)NC1CCCC1)N(C(=O)Cn1nnc2ccccc21)c1c(C)cccc1C. The van der Waals surface area contributed by atoms with Gasteiger partial charge in [0.1, 0.15) is 23.9 Å². The van der Waals surface area contributed by atoms with E-state index >= 15 is 0 Å². The average Bonchev–Trinajstić information content (AvgIpc) is 3.59. The van der Waals surface area contributed by atoms with Gasteiger partial charge in [-0.25, -0.2) is 4.68 Å². The van der Waals surface area contributed by atoms with E-state index in [1.807, 2.05) is 87.5 Å². The number of fused-ring (bicyclic) bond motifs is 1. The lowest BCUT2D eigenvalue weighted by Gasteiger charge is -2.35. The summed E-state index contributed by atoms with van der Waals surface area (Å²) in [6.07, 6.45) is 4.05. The second-order valence-electron chi connectivity index (χ2n) is 10.1. The number of amides is 2. The summed E-state index contributed by atoms with van der Waals surface area (Å²) in [5.41, 5.74) is 4.63. The molecule has 1 aliphatic rings. The summed E-state index contributed by atoms with van der Waals surface area (Å²) in [5.74, 6) is 0.108. The molecule has 0 bridgehead atoms. The third kappa shape index (κ3) is 5.50. The van der Waals surface area contributed by atoms with Gasteiger partial charge in [0.25, 0.3) is 0 Å². The quantitative estimate of drug-likeness (QED) is 0.321. The van der Waals surface area contributed by atoms with Gasteiger partial charge < -0.3 is 10.1 Å². The molecule has 1 saturated carbocycles. The number of rotatable bonds is 9. The van der Waals surface area contributed by atoms with Crippen molar-refractivity contribution in [3.63, 3.8) is 0 Å². The molecule has 0 radical (unpaired) electrons. The first kappa shape index (κ1) is 26.4. The predicted molar refractivity (Wildman–Crippen MR) is 152 cm³/mol. The van der Waals surface area contributed by atoms with Crippen molar-refractivity contribution in [1.82, 2.24) is 20.3 Å². The molecule has 4 aromatic rings. The van der Waals surface area contributed by atoms with Gasteiger partial charge in [-0.05, 0) is 62.9 Å². The molecular formula is C31H35N5O3. The van der Waals surface area contributed by atoms with Gasteiger partial charge in [0.15, 0.2) is 0 Å². The molecular weight excluding hydrogens is 490 g/mol. The number of nitrogens with zero attached hydrogens (tertiary/aromatic N) is 4. The van der Waals surface area contributed by atoms with Crippen LogP contribution in [-0.2, 0) is 16.1 Å². The van der Waals surface area contributed by atoms with Crippen LogP contribution in [0.5, 0.6) is 5.75 Å². The number of benzene rings is 3. The largest absolute Gasteiger partial charge is 0.493 e. The predicted octanol–water partition coefficient (Wildman–Crippen LogP) is 5.28. The summed E-state index contributed by atoms with van der Waals surface area (Å²) < 4.78 is 7.58. The number of aryl methyl sites for hydroxylation is 2. The molecule has 1 aliphatic carbocycles. The van der Waals surface area contributed by atoms with Gasteiger partial charge in [0, 0.05) is 11.6 Å². The molecule has 2 amide bonds. The Morgan fingerprint density at radius 1 is 1.00 bits per heavy atom. The molecule has 1 N–H and O–H groups in total. The van der Waals surface area contributed by atoms with E-state index < -0.39 is 6.04 Å². The minimum Gasteiger partial charge on any atom is -0.493 e. The molecule has 1 unspecified atom stereocenters. The maximum absolute atomic E-state index is 14.4. The van der Waals surface area contributed by atoms with Crippen LogP contribution in [0.2, 0.25) is 0 Å². The van der Waals surface area contributed by atoms with Gasteiger partial charge in [0.2, 0.25) is 11.8 Å². The number of para-hydroxylation sites is 3. The van der Waals surface area contributed by atoms with Gasteiger partial charge in [0.05, 0.1) is 17.8 Å². The van der Waals surface area contributed by atoms with Crippen LogP contribution in [0.4, 0.5) is 5.69 Å². The summed E-state index contributed by atoms with van der Waals surface area (Å²) >= 11 is 0. The molecule has 0 aliphatic heterocycles. The first-order valence-electron chi connectivity index (χ1n) is 13.7. The standard InChI is InChI=1S/C31H35N5O3/c1-4-39-27-19-10-7-16-24(27)30(31(38)32-23-14-5-6-15-23)36(29-21(2)12-11-13-22(29)3)28(37)20-35-26-18-9-8-17-25(26)33-34-35/h7-13,16-19,23,30H,4-6,14-15,20H2,1-3H3,(H,32,38). The van der Waals surface area contributed by atoms with E-state index in [0.717, 1.165) is 42.3 Å². The molecule has 8 heteroatoms. The van der Waals surface area contributed by atoms with Crippen molar-refractivity contribution in [2.45, 2.75) is 65.1 Å². The second-order valence-corrected chi connectivity index (χ2v) is 10.1. The van der Waals surface area contributed by atoms with E-state index in [0.29, 0.717) is 29.1 Å². The third-order valence-corrected chi connectivity index (χ3v) is 7.38. The van der Waals surface area contributed by atoms with Gasteiger partial charge in [-0.3, -0.25) is 14.5 Å². The van der Waals surface area contributed by atoms with Gasteiger partial charge in [-0.2, -0.15) is 0 Å². The number of ether oxygens (including phenoxy) is 1. The Balaban J connectivity index is 1.65.